The minimum atomic E-state index is -4.73. The molecular weight excluding hydrogens is 425 g/mol. The van der Waals surface area contributed by atoms with E-state index in [9.17, 15) is 22.8 Å². The van der Waals surface area contributed by atoms with Gasteiger partial charge in [-0.25, -0.2) is 0 Å². The summed E-state index contributed by atoms with van der Waals surface area (Å²) >= 11 is 8.82. The molecular formula is C16H11BrClF3N2O2. The van der Waals surface area contributed by atoms with E-state index in [2.05, 4.69) is 21.2 Å². The molecule has 0 heterocycles. The van der Waals surface area contributed by atoms with Gasteiger partial charge in [0.25, 0.3) is 0 Å². The van der Waals surface area contributed by atoms with Gasteiger partial charge in [0, 0.05) is 15.2 Å². The predicted octanol–water partition coefficient (Wildman–Crippen LogP) is 5.01. The molecule has 0 atom stereocenters. The van der Waals surface area contributed by atoms with Gasteiger partial charge in [0.2, 0.25) is 0 Å². The van der Waals surface area contributed by atoms with Crippen LogP contribution in [0.4, 0.5) is 24.5 Å². The van der Waals surface area contributed by atoms with Gasteiger partial charge in [-0.2, -0.15) is 13.2 Å². The second-order valence-corrected chi connectivity index (χ2v) is 6.41. The van der Waals surface area contributed by atoms with Gasteiger partial charge in [0.1, 0.15) is 0 Å². The summed E-state index contributed by atoms with van der Waals surface area (Å²) < 4.78 is 39.8. The summed E-state index contributed by atoms with van der Waals surface area (Å²) in [5.74, 6) is -2.32. The average molecular weight is 436 g/mol. The summed E-state index contributed by atoms with van der Waals surface area (Å²) in [4.78, 5) is 23.9. The van der Waals surface area contributed by atoms with Gasteiger partial charge in [-0.3, -0.25) is 9.59 Å². The Morgan fingerprint density at radius 3 is 2.12 bits per heavy atom. The highest BCUT2D eigenvalue weighted by molar-refractivity contribution is 9.10. The van der Waals surface area contributed by atoms with Crippen LogP contribution in [0.25, 0.3) is 0 Å². The molecule has 0 aromatic heterocycles. The van der Waals surface area contributed by atoms with Crippen molar-refractivity contribution in [1.29, 1.82) is 0 Å². The second kappa shape index (κ2) is 7.45. The Morgan fingerprint density at radius 1 is 1.00 bits per heavy atom. The van der Waals surface area contributed by atoms with Crippen molar-refractivity contribution < 1.29 is 22.8 Å². The minimum Gasteiger partial charge on any atom is -0.318 e. The fraction of sp³-hybridized carbons (Fsp3) is 0.125. The molecule has 9 heteroatoms. The van der Waals surface area contributed by atoms with E-state index < -0.39 is 29.2 Å². The molecule has 0 unspecified atom stereocenters. The van der Waals surface area contributed by atoms with Gasteiger partial charge in [-0.15, -0.1) is 0 Å². The lowest BCUT2D eigenvalue weighted by Gasteiger charge is -2.14. The van der Waals surface area contributed by atoms with Crippen molar-refractivity contribution in [3.63, 3.8) is 0 Å². The molecule has 2 rings (SSSR count). The maximum absolute atomic E-state index is 13.0. The lowest BCUT2D eigenvalue weighted by molar-refractivity contribution is -0.137. The van der Waals surface area contributed by atoms with Crippen molar-refractivity contribution in [3.05, 3.63) is 57.0 Å². The predicted molar refractivity (Wildman–Crippen MR) is 92.6 cm³/mol. The van der Waals surface area contributed by atoms with Crippen LogP contribution in [0.3, 0.4) is 0 Å². The fourth-order valence-corrected chi connectivity index (χ4v) is 2.63. The normalized spacial score (nSPS) is 11.1. The number of carbonyl (C=O) groups excluding carboxylic acids is 2. The number of rotatable bonds is 2. The number of alkyl halides is 3. The Hall–Kier alpha value is -2.06. The molecule has 2 N–H and O–H groups in total. The molecule has 4 nitrogen and oxygen atoms in total. The number of anilines is 2. The first kappa shape index (κ1) is 19.3. The number of benzene rings is 2. The molecule has 0 bridgehead atoms. The highest BCUT2D eigenvalue weighted by Crippen LogP contribution is 2.36. The van der Waals surface area contributed by atoms with Crippen LogP contribution in [0.1, 0.15) is 11.1 Å². The first-order valence-electron chi connectivity index (χ1n) is 6.83. The molecule has 132 valence electrons. The summed E-state index contributed by atoms with van der Waals surface area (Å²) in [5.41, 5.74) is -0.640. The quantitative estimate of drug-likeness (QED) is 0.652. The number of halogens is 5. The molecule has 0 saturated heterocycles. The van der Waals surface area contributed by atoms with Crippen molar-refractivity contribution in [1.82, 2.24) is 0 Å². The molecule has 0 fully saturated rings. The summed E-state index contributed by atoms with van der Waals surface area (Å²) in [5, 5.41) is 4.17. The largest absolute Gasteiger partial charge is 0.418 e. The zero-order chi connectivity index (χ0) is 18.8. The Bertz CT molecular complexity index is 841. The zero-order valence-electron chi connectivity index (χ0n) is 12.7. The van der Waals surface area contributed by atoms with Crippen molar-refractivity contribution in [2.45, 2.75) is 13.1 Å². The number of nitrogens with one attached hydrogen (secondary N) is 2. The van der Waals surface area contributed by atoms with Crippen molar-refractivity contribution in [2.24, 2.45) is 0 Å². The highest BCUT2D eigenvalue weighted by Gasteiger charge is 2.34. The van der Waals surface area contributed by atoms with Gasteiger partial charge in [-0.05, 0) is 48.9 Å². The first-order chi connectivity index (χ1) is 11.6. The van der Waals surface area contributed by atoms with Gasteiger partial charge in [-0.1, -0.05) is 27.5 Å². The van der Waals surface area contributed by atoms with Crippen LogP contribution >= 0.6 is 27.5 Å². The van der Waals surface area contributed by atoms with Crippen LogP contribution < -0.4 is 10.6 Å². The van der Waals surface area contributed by atoms with Crippen molar-refractivity contribution in [2.75, 3.05) is 10.6 Å². The molecule has 0 saturated carbocycles. The van der Waals surface area contributed by atoms with E-state index in [1.807, 2.05) is 5.32 Å². The molecule has 2 amide bonds. The third-order valence-electron chi connectivity index (χ3n) is 3.18. The molecule has 25 heavy (non-hydrogen) atoms. The van der Waals surface area contributed by atoms with Crippen molar-refractivity contribution >= 4 is 50.7 Å². The van der Waals surface area contributed by atoms with E-state index in [4.69, 9.17) is 11.6 Å². The van der Waals surface area contributed by atoms with E-state index in [1.54, 1.807) is 25.1 Å². The van der Waals surface area contributed by atoms with Crippen LogP contribution in [0.5, 0.6) is 0 Å². The topological polar surface area (TPSA) is 58.2 Å². The van der Waals surface area contributed by atoms with E-state index in [1.165, 1.54) is 6.07 Å². The zero-order valence-corrected chi connectivity index (χ0v) is 15.0. The van der Waals surface area contributed by atoms with Crippen LogP contribution in [0.15, 0.2) is 40.9 Å². The Kier molecular flexibility index (Phi) is 5.74. The van der Waals surface area contributed by atoms with Gasteiger partial charge < -0.3 is 10.6 Å². The molecule has 0 radical (unpaired) electrons. The van der Waals surface area contributed by atoms with E-state index in [0.717, 1.165) is 10.5 Å². The molecule has 0 aliphatic heterocycles. The molecule has 2 aromatic rings. The Balaban J connectivity index is 2.18. The first-order valence-corrected chi connectivity index (χ1v) is 8.00. The Labute approximate surface area is 154 Å². The fourth-order valence-electron chi connectivity index (χ4n) is 1.99. The number of hydrogen-bond acceptors (Lipinski definition) is 2. The average Bonchev–Trinajstić information content (AvgIpc) is 2.50. The van der Waals surface area contributed by atoms with Crippen molar-refractivity contribution in [3.8, 4) is 0 Å². The lowest BCUT2D eigenvalue weighted by atomic mass is 10.1. The van der Waals surface area contributed by atoms with Gasteiger partial charge in [0.15, 0.2) is 0 Å². The standard InChI is InChI=1S/C16H11BrClF3N2O2/c1-8-6-9(17)2-4-12(8)22-14(24)15(25)23-13-5-3-10(18)7-11(13)16(19,20)21/h2-7H,1H3,(H,22,24)(H,23,25). The maximum Gasteiger partial charge on any atom is 0.418 e. The monoisotopic (exact) mass is 434 g/mol. The van der Waals surface area contributed by atoms with Gasteiger partial charge >= 0.3 is 18.0 Å². The SMILES string of the molecule is Cc1cc(Br)ccc1NC(=O)C(=O)Nc1ccc(Cl)cc1C(F)(F)F. The number of aryl methyl sites for hydroxylation is 1. The van der Waals surface area contributed by atoms with Gasteiger partial charge in [0.05, 0.1) is 11.3 Å². The molecule has 0 spiro atoms. The number of amides is 2. The van der Waals surface area contributed by atoms with Crippen LogP contribution in [0.2, 0.25) is 5.02 Å². The molecule has 0 aliphatic carbocycles. The van der Waals surface area contributed by atoms with E-state index in [-0.39, 0.29) is 5.02 Å². The number of hydrogen-bond donors (Lipinski definition) is 2. The summed E-state index contributed by atoms with van der Waals surface area (Å²) in [6, 6.07) is 7.78. The van der Waals surface area contributed by atoms with E-state index in [0.29, 0.717) is 17.3 Å². The third kappa shape index (κ3) is 4.96. The smallest absolute Gasteiger partial charge is 0.318 e. The summed E-state index contributed by atoms with van der Waals surface area (Å²) in [6.07, 6.45) is -4.73. The third-order valence-corrected chi connectivity index (χ3v) is 3.91. The van der Waals surface area contributed by atoms with Crippen LogP contribution in [-0.4, -0.2) is 11.8 Å². The van der Waals surface area contributed by atoms with Crippen LogP contribution in [-0.2, 0) is 15.8 Å². The lowest BCUT2D eigenvalue weighted by Crippen LogP contribution is -2.30. The number of carbonyl (C=O) groups is 2. The minimum absolute atomic E-state index is 0.139. The van der Waals surface area contributed by atoms with E-state index >= 15 is 0 Å². The maximum atomic E-state index is 13.0. The molecule has 0 aliphatic rings. The second-order valence-electron chi connectivity index (χ2n) is 5.06. The Morgan fingerprint density at radius 2 is 1.56 bits per heavy atom. The summed E-state index contributed by atoms with van der Waals surface area (Å²) in [7, 11) is 0. The highest BCUT2D eigenvalue weighted by atomic mass is 79.9. The summed E-state index contributed by atoms with van der Waals surface area (Å²) in [6.45, 7) is 1.71. The molecule has 2 aromatic carbocycles. The van der Waals surface area contributed by atoms with Crippen LogP contribution in [0, 0.1) is 6.92 Å².